The minimum Gasteiger partial charge on any atom is -0.338 e. The molecular weight excluding hydrogens is 447 g/mol. The van der Waals surface area contributed by atoms with Gasteiger partial charge in [0.25, 0.3) is 0 Å². The molecule has 0 spiro atoms. The van der Waals surface area contributed by atoms with Crippen molar-refractivity contribution >= 4 is 61.5 Å². The Labute approximate surface area is 182 Å². The van der Waals surface area contributed by atoms with E-state index in [1.165, 1.54) is 12.5 Å². The third-order valence-corrected chi connectivity index (χ3v) is 5.13. The molecule has 0 aliphatic carbocycles. The number of hydrogen-bond acceptors (Lipinski definition) is 7. The predicted octanol–water partition coefficient (Wildman–Crippen LogP) is 4.51. The third-order valence-electron chi connectivity index (χ3n) is 4.00. The van der Waals surface area contributed by atoms with E-state index < -0.39 is 10.0 Å². The van der Waals surface area contributed by atoms with E-state index >= 15 is 0 Å². The summed E-state index contributed by atoms with van der Waals surface area (Å²) in [4.78, 5) is 17.2. The molecule has 1 aromatic carbocycles. The first-order valence-corrected chi connectivity index (χ1v) is 11.2. The van der Waals surface area contributed by atoms with Gasteiger partial charge in [-0.05, 0) is 36.4 Å². The number of benzene rings is 1. The van der Waals surface area contributed by atoms with Gasteiger partial charge >= 0.3 is 0 Å². The first-order valence-electron chi connectivity index (χ1n) is 8.56. The number of nitrogens with zero attached hydrogens (tertiary/aromatic N) is 4. The molecule has 0 bridgehead atoms. The molecule has 0 radical (unpaired) electrons. The maximum Gasteiger partial charge on any atom is 0.229 e. The summed E-state index contributed by atoms with van der Waals surface area (Å²) in [6.45, 7) is 0. The van der Waals surface area contributed by atoms with Gasteiger partial charge in [-0.25, -0.2) is 28.4 Å². The molecule has 4 aromatic rings. The molecule has 30 heavy (non-hydrogen) atoms. The summed E-state index contributed by atoms with van der Waals surface area (Å²) in [6, 6.07) is 12.3. The van der Waals surface area contributed by atoms with E-state index in [1.54, 1.807) is 30.3 Å². The van der Waals surface area contributed by atoms with Crippen LogP contribution in [0.2, 0.25) is 10.2 Å². The van der Waals surface area contributed by atoms with E-state index in [2.05, 4.69) is 30.0 Å². The van der Waals surface area contributed by atoms with E-state index in [4.69, 9.17) is 23.2 Å². The lowest BCUT2D eigenvalue weighted by Crippen LogP contribution is -2.10. The fraction of sp³-hybridized carbons (Fsp3) is 0.0526. The average molecular weight is 461 g/mol. The Morgan fingerprint density at radius 2 is 1.83 bits per heavy atom. The third kappa shape index (κ3) is 4.59. The fourth-order valence-corrected chi connectivity index (χ4v) is 3.71. The lowest BCUT2D eigenvalue weighted by molar-refractivity contribution is 0.607. The molecule has 0 unspecified atom stereocenters. The zero-order valence-corrected chi connectivity index (χ0v) is 17.8. The largest absolute Gasteiger partial charge is 0.338 e. The highest BCUT2D eigenvalue weighted by Gasteiger charge is 2.12. The Kier molecular flexibility index (Phi) is 5.42. The number of anilines is 3. The van der Waals surface area contributed by atoms with Crippen LogP contribution in [0.5, 0.6) is 0 Å². The van der Waals surface area contributed by atoms with E-state index in [-0.39, 0.29) is 10.8 Å². The van der Waals surface area contributed by atoms with Crippen molar-refractivity contribution in [1.82, 2.24) is 19.9 Å². The first-order chi connectivity index (χ1) is 14.3. The molecule has 0 saturated carbocycles. The Morgan fingerprint density at radius 1 is 1.00 bits per heavy atom. The summed E-state index contributed by atoms with van der Waals surface area (Å²) in [5.74, 6) is 0.500. The van der Waals surface area contributed by atoms with Crippen molar-refractivity contribution in [1.29, 1.82) is 0 Å². The number of rotatable bonds is 5. The first kappa shape index (κ1) is 20.3. The molecule has 3 heterocycles. The molecule has 0 saturated heterocycles. The van der Waals surface area contributed by atoms with E-state index in [9.17, 15) is 8.42 Å². The maximum absolute atomic E-state index is 11.6. The van der Waals surface area contributed by atoms with Crippen molar-refractivity contribution in [2.24, 2.45) is 0 Å². The van der Waals surface area contributed by atoms with Crippen molar-refractivity contribution in [3.05, 3.63) is 65.2 Å². The molecule has 11 heteroatoms. The standard InChI is InChI=1S/C19H14Cl2N6O2S/c1-30(28,29)27-16-7-11(9-22-18(16)21)14-5-6-15-17(26-14)19(24-10-23-15)25-13-4-2-3-12(20)8-13/h2-10,27H,1H3,(H,23,24,25). The van der Waals surface area contributed by atoms with Crippen molar-refractivity contribution in [3.8, 4) is 11.3 Å². The van der Waals surface area contributed by atoms with Gasteiger partial charge in [0, 0.05) is 22.5 Å². The minimum absolute atomic E-state index is 0.0385. The van der Waals surface area contributed by atoms with Gasteiger partial charge in [0.05, 0.1) is 23.2 Å². The summed E-state index contributed by atoms with van der Waals surface area (Å²) in [7, 11) is -3.51. The zero-order valence-electron chi connectivity index (χ0n) is 15.5. The zero-order chi connectivity index (χ0) is 21.3. The predicted molar refractivity (Wildman–Crippen MR) is 119 cm³/mol. The number of halogens is 2. The van der Waals surface area contributed by atoms with Crippen LogP contribution < -0.4 is 10.0 Å². The van der Waals surface area contributed by atoms with Crippen LogP contribution in [0.4, 0.5) is 17.2 Å². The van der Waals surface area contributed by atoms with Gasteiger partial charge < -0.3 is 5.32 Å². The molecule has 152 valence electrons. The molecule has 0 aliphatic heterocycles. The smallest absolute Gasteiger partial charge is 0.229 e. The lowest BCUT2D eigenvalue weighted by Gasteiger charge is -2.10. The SMILES string of the molecule is CS(=O)(=O)Nc1cc(-c2ccc3ncnc(Nc4cccc(Cl)c4)c3n2)cnc1Cl. The van der Waals surface area contributed by atoms with Crippen molar-refractivity contribution < 1.29 is 8.42 Å². The van der Waals surface area contributed by atoms with Crippen LogP contribution in [0, 0.1) is 0 Å². The molecule has 2 N–H and O–H groups in total. The van der Waals surface area contributed by atoms with Gasteiger partial charge in [-0.2, -0.15) is 0 Å². The maximum atomic E-state index is 11.6. The van der Waals surface area contributed by atoms with Crippen molar-refractivity contribution in [2.75, 3.05) is 16.3 Å². The number of sulfonamides is 1. The number of hydrogen-bond donors (Lipinski definition) is 2. The van der Waals surface area contributed by atoms with Crippen molar-refractivity contribution in [3.63, 3.8) is 0 Å². The van der Waals surface area contributed by atoms with Gasteiger partial charge in [0.1, 0.15) is 11.8 Å². The second kappa shape index (κ2) is 8.02. The summed E-state index contributed by atoms with van der Waals surface area (Å²) in [5.41, 5.74) is 3.21. The van der Waals surface area contributed by atoms with E-state index in [0.29, 0.717) is 33.1 Å². The normalized spacial score (nSPS) is 11.4. The monoisotopic (exact) mass is 460 g/mol. The number of fused-ring (bicyclic) bond motifs is 1. The summed E-state index contributed by atoms with van der Waals surface area (Å²) in [6.07, 6.45) is 3.99. The quantitative estimate of drug-likeness (QED) is 0.421. The van der Waals surface area contributed by atoms with Crippen LogP contribution in [0.25, 0.3) is 22.3 Å². The molecular formula is C19H14Cl2N6O2S. The van der Waals surface area contributed by atoms with Gasteiger partial charge in [0.2, 0.25) is 10.0 Å². The second-order valence-electron chi connectivity index (χ2n) is 6.36. The Bertz CT molecular complexity index is 1360. The second-order valence-corrected chi connectivity index (χ2v) is 8.90. The van der Waals surface area contributed by atoms with Gasteiger partial charge in [-0.15, -0.1) is 0 Å². The van der Waals surface area contributed by atoms with Gasteiger partial charge in [0.15, 0.2) is 11.0 Å². The molecule has 0 fully saturated rings. The Balaban J connectivity index is 1.77. The molecule has 0 aliphatic rings. The number of aromatic nitrogens is 4. The van der Waals surface area contributed by atoms with E-state index in [1.807, 2.05) is 12.1 Å². The molecule has 8 nitrogen and oxygen atoms in total. The van der Waals surface area contributed by atoms with Crippen molar-refractivity contribution in [2.45, 2.75) is 0 Å². The van der Waals surface area contributed by atoms with Gasteiger partial charge in [-0.3, -0.25) is 4.72 Å². The van der Waals surface area contributed by atoms with Gasteiger partial charge in [-0.1, -0.05) is 29.3 Å². The minimum atomic E-state index is -3.51. The highest BCUT2D eigenvalue weighted by Crippen LogP contribution is 2.29. The number of pyridine rings is 2. The molecule has 0 amide bonds. The molecule has 0 atom stereocenters. The Morgan fingerprint density at radius 3 is 2.60 bits per heavy atom. The van der Waals surface area contributed by atoms with Crippen LogP contribution >= 0.6 is 23.2 Å². The average Bonchev–Trinajstić information content (AvgIpc) is 2.69. The highest BCUT2D eigenvalue weighted by molar-refractivity contribution is 7.92. The van der Waals surface area contributed by atoms with Crippen LogP contribution in [0.15, 0.2) is 55.0 Å². The van der Waals surface area contributed by atoms with Crippen LogP contribution in [0.1, 0.15) is 0 Å². The highest BCUT2D eigenvalue weighted by atomic mass is 35.5. The summed E-state index contributed by atoms with van der Waals surface area (Å²) >= 11 is 12.1. The van der Waals surface area contributed by atoms with Crippen LogP contribution in [-0.2, 0) is 10.0 Å². The van der Waals surface area contributed by atoms with Crippen LogP contribution in [0.3, 0.4) is 0 Å². The van der Waals surface area contributed by atoms with E-state index in [0.717, 1.165) is 11.9 Å². The van der Waals surface area contributed by atoms with Crippen LogP contribution in [-0.4, -0.2) is 34.6 Å². The number of nitrogens with one attached hydrogen (secondary N) is 2. The Hall–Kier alpha value is -3.01. The summed E-state index contributed by atoms with van der Waals surface area (Å²) < 4.78 is 25.5. The fourth-order valence-electron chi connectivity index (χ4n) is 2.75. The molecule has 3 aromatic heterocycles. The summed E-state index contributed by atoms with van der Waals surface area (Å²) in [5, 5.41) is 3.82. The molecule has 4 rings (SSSR count). The topological polar surface area (TPSA) is 110 Å². The lowest BCUT2D eigenvalue weighted by atomic mass is 10.1.